The zero-order valence-corrected chi connectivity index (χ0v) is 14.7. The van der Waals surface area contributed by atoms with E-state index in [1.54, 1.807) is 6.07 Å². The first-order valence-electron chi connectivity index (χ1n) is 9.10. The van der Waals surface area contributed by atoms with Crippen molar-refractivity contribution in [3.63, 3.8) is 0 Å². The van der Waals surface area contributed by atoms with Crippen molar-refractivity contribution in [1.82, 2.24) is 14.9 Å². The first-order valence-corrected chi connectivity index (χ1v) is 9.10. The molecule has 0 saturated carbocycles. The summed E-state index contributed by atoms with van der Waals surface area (Å²) in [6, 6.07) is 10.6. The SMILES string of the molecule is CCCCc1cc(=O)[nH]c(-c2ccccc2CN2CCCC2C)n1. The van der Waals surface area contributed by atoms with Gasteiger partial charge in [-0.3, -0.25) is 9.69 Å². The molecule has 1 N–H and O–H groups in total. The van der Waals surface area contributed by atoms with Gasteiger partial charge in [-0.25, -0.2) is 4.98 Å². The predicted molar refractivity (Wildman–Crippen MR) is 98.0 cm³/mol. The number of unbranched alkanes of at least 4 members (excludes halogenated alkanes) is 1. The lowest BCUT2D eigenvalue weighted by molar-refractivity contribution is 0.260. The molecule has 0 bridgehead atoms. The molecule has 1 aromatic heterocycles. The highest BCUT2D eigenvalue weighted by molar-refractivity contribution is 5.60. The Bertz CT molecular complexity index is 738. The molecule has 2 aromatic rings. The van der Waals surface area contributed by atoms with Gasteiger partial charge < -0.3 is 4.98 Å². The third kappa shape index (κ3) is 3.93. The van der Waals surface area contributed by atoms with Gasteiger partial charge in [-0.2, -0.15) is 0 Å². The molecule has 1 unspecified atom stereocenters. The van der Waals surface area contributed by atoms with Crippen molar-refractivity contribution in [2.45, 2.75) is 58.5 Å². The number of aryl methyl sites for hydroxylation is 1. The molecule has 0 spiro atoms. The van der Waals surface area contributed by atoms with Crippen molar-refractivity contribution < 1.29 is 0 Å². The van der Waals surface area contributed by atoms with Crippen molar-refractivity contribution >= 4 is 0 Å². The summed E-state index contributed by atoms with van der Waals surface area (Å²) in [5, 5.41) is 0. The number of likely N-dealkylation sites (tertiary alicyclic amines) is 1. The maximum Gasteiger partial charge on any atom is 0.251 e. The highest BCUT2D eigenvalue weighted by Gasteiger charge is 2.21. The van der Waals surface area contributed by atoms with Crippen molar-refractivity contribution in [1.29, 1.82) is 0 Å². The fourth-order valence-corrected chi connectivity index (χ4v) is 3.46. The van der Waals surface area contributed by atoms with E-state index < -0.39 is 0 Å². The van der Waals surface area contributed by atoms with Crippen LogP contribution >= 0.6 is 0 Å². The fourth-order valence-electron chi connectivity index (χ4n) is 3.46. The minimum Gasteiger partial charge on any atom is -0.307 e. The minimum absolute atomic E-state index is 0.0598. The molecule has 4 heteroatoms. The predicted octanol–water partition coefficient (Wildman–Crippen LogP) is 3.76. The number of rotatable bonds is 6. The van der Waals surface area contributed by atoms with Crippen LogP contribution < -0.4 is 5.56 Å². The van der Waals surface area contributed by atoms with Crippen LogP contribution in [0.5, 0.6) is 0 Å². The minimum atomic E-state index is -0.0598. The Morgan fingerprint density at radius 3 is 2.92 bits per heavy atom. The molecular formula is C20H27N3O. The van der Waals surface area contributed by atoms with Gasteiger partial charge in [0.2, 0.25) is 0 Å². The lowest BCUT2D eigenvalue weighted by Gasteiger charge is -2.22. The summed E-state index contributed by atoms with van der Waals surface area (Å²) in [6.07, 6.45) is 5.56. The number of hydrogen-bond acceptors (Lipinski definition) is 3. The molecule has 0 aliphatic carbocycles. The second kappa shape index (κ2) is 7.75. The lowest BCUT2D eigenvalue weighted by atomic mass is 10.1. The van der Waals surface area contributed by atoms with Crippen LogP contribution in [0.1, 0.15) is 50.8 Å². The topological polar surface area (TPSA) is 49.0 Å². The van der Waals surface area contributed by atoms with Gasteiger partial charge in [0, 0.05) is 29.9 Å². The molecular weight excluding hydrogens is 298 g/mol. The first-order chi connectivity index (χ1) is 11.7. The molecule has 1 saturated heterocycles. The Balaban J connectivity index is 1.91. The maximum absolute atomic E-state index is 12.0. The van der Waals surface area contributed by atoms with Crippen LogP contribution in [-0.2, 0) is 13.0 Å². The van der Waals surface area contributed by atoms with E-state index in [1.165, 1.54) is 18.4 Å². The number of nitrogens with zero attached hydrogens (tertiary/aromatic N) is 2. The number of H-pyrrole nitrogens is 1. The summed E-state index contributed by atoms with van der Waals surface area (Å²) in [5.41, 5.74) is 3.12. The van der Waals surface area contributed by atoms with Gasteiger partial charge in [0.05, 0.1) is 0 Å². The highest BCUT2D eigenvalue weighted by atomic mass is 16.1. The van der Waals surface area contributed by atoms with Crippen molar-refractivity contribution in [3.8, 4) is 11.4 Å². The Kier molecular flexibility index (Phi) is 5.46. The molecule has 128 valence electrons. The first kappa shape index (κ1) is 16.9. The van der Waals surface area contributed by atoms with E-state index in [0.717, 1.165) is 43.6 Å². The second-order valence-electron chi connectivity index (χ2n) is 6.81. The molecule has 1 aromatic carbocycles. The van der Waals surface area contributed by atoms with Gasteiger partial charge in [0.25, 0.3) is 5.56 Å². The smallest absolute Gasteiger partial charge is 0.251 e. The zero-order valence-electron chi connectivity index (χ0n) is 14.7. The Hall–Kier alpha value is -1.94. The van der Waals surface area contributed by atoms with Crippen LogP contribution in [0.25, 0.3) is 11.4 Å². The summed E-state index contributed by atoms with van der Waals surface area (Å²) < 4.78 is 0. The summed E-state index contributed by atoms with van der Waals surface area (Å²) in [5.74, 6) is 0.705. The molecule has 1 atom stereocenters. The van der Waals surface area contributed by atoms with Gasteiger partial charge in [0.1, 0.15) is 5.82 Å². The largest absolute Gasteiger partial charge is 0.307 e. The van der Waals surface area contributed by atoms with Gasteiger partial charge in [-0.05, 0) is 44.7 Å². The molecule has 2 heterocycles. The quantitative estimate of drug-likeness (QED) is 0.879. The van der Waals surface area contributed by atoms with Crippen LogP contribution in [0.15, 0.2) is 35.1 Å². The van der Waals surface area contributed by atoms with E-state index in [9.17, 15) is 4.79 Å². The van der Waals surface area contributed by atoms with Gasteiger partial charge >= 0.3 is 0 Å². The standard InChI is InChI=1S/C20H27N3O/c1-3-4-10-17-13-19(24)22-20(21-17)18-11-6-5-9-16(18)14-23-12-7-8-15(23)2/h5-6,9,11,13,15H,3-4,7-8,10,12,14H2,1-2H3,(H,21,22,24). The average Bonchev–Trinajstić information content (AvgIpc) is 2.98. The van der Waals surface area contributed by atoms with Crippen LogP contribution in [0.3, 0.4) is 0 Å². The van der Waals surface area contributed by atoms with Crippen molar-refractivity contribution in [3.05, 3.63) is 51.9 Å². The normalized spacial score (nSPS) is 18.2. The van der Waals surface area contributed by atoms with E-state index in [4.69, 9.17) is 4.98 Å². The molecule has 3 rings (SSSR count). The molecule has 1 aliphatic heterocycles. The number of aromatic nitrogens is 2. The third-order valence-electron chi connectivity index (χ3n) is 4.92. The van der Waals surface area contributed by atoms with E-state index >= 15 is 0 Å². The Morgan fingerprint density at radius 2 is 2.17 bits per heavy atom. The Morgan fingerprint density at radius 1 is 1.33 bits per heavy atom. The van der Waals surface area contributed by atoms with Crippen LogP contribution in [0.4, 0.5) is 0 Å². The summed E-state index contributed by atoms with van der Waals surface area (Å²) in [6.45, 7) is 6.51. The molecule has 4 nitrogen and oxygen atoms in total. The van der Waals surface area contributed by atoms with Gasteiger partial charge in [-0.15, -0.1) is 0 Å². The average molecular weight is 325 g/mol. The number of nitrogens with one attached hydrogen (secondary N) is 1. The molecule has 1 fully saturated rings. The second-order valence-corrected chi connectivity index (χ2v) is 6.81. The molecule has 24 heavy (non-hydrogen) atoms. The van der Waals surface area contributed by atoms with Crippen molar-refractivity contribution in [2.24, 2.45) is 0 Å². The third-order valence-corrected chi connectivity index (χ3v) is 4.92. The van der Waals surface area contributed by atoms with Crippen LogP contribution in [-0.4, -0.2) is 27.5 Å². The number of aromatic amines is 1. The maximum atomic E-state index is 12.0. The monoisotopic (exact) mass is 325 g/mol. The molecule has 0 amide bonds. The van der Waals surface area contributed by atoms with E-state index in [1.807, 2.05) is 6.07 Å². The van der Waals surface area contributed by atoms with Crippen LogP contribution in [0.2, 0.25) is 0 Å². The highest BCUT2D eigenvalue weighted by Crippen LogP contribution is 2.25. The van der Waals surface area contributed by atoms with Gasteiger partial charge in [0.15, 0.2) is 0 Å². The molecule has 1 aliphatic rings. The lowest BCUT2D eigenvalue weighted by Crippen LogP contribution is -2.26. The summed E-state index contributed by atoms with van der Waals surface area (Å²) >= 11 is 0. The fraction of sp³-hybridized carbons (Fsp3) is 0.500. The summed E-state index contributed by atoms with van der Waals surface area (Å²) in [7, 11) is 0. The summed E-state index contributed by atoms with van der Waals surface area (Å²) in [4.78, 5) is 22.2. The number of hydrogen-bond donors (Lipinski definition) is 1. The van der Waals surface area contributed by atoms with Crippen molar-refractivity contribution in [2.75, 3.05) is 6.54 Å². The van der Waals surface area contributed by atoms with E-state index in [2.05, 4.69) is 41.9 Å². The number of benzene rings is 1. The van der Waals surface area contributed by atoms with E-state index in [0.29, 0.717) is 11.9 Å². The van der Waals surface area contributed by atoms with E-state index in [-0.39, 0.29) is 5.56 Å². The zero-order chi connectivity index (χ0) is 16.9. The molecule has 0 radical (unpaired) electrons. The Labute approximate surface area is 143 Å². The van der Waals surface area contributed by atoms with Gasteiger partial charge in [-0.1, -0.05) is 37.6 Å². The van der Waals surface area contributed by atoms with Crippen LogP contribution in [0, 0.1) is 0 Å².